The highest BCUT2D eigenvalue weighted by Crippen LogP contribution is 2.35. The van der Waals surface area contributed by atoms with Gasteiger partial charge in [-0.25, -0.2) is 10.3 Å². The third-order valence-electron chi connectivity index (χ3n) is 9.69. The van der Waals surface area contributed by atoms with Gasteiger partial charge < -0.3 is 50.5 Å². The number of nitrogens with one attached hydrogen (secondary N) is 6. The first-order chi connectivity index (χ1) is 31.0. The standard InChI is InChI=1S/C41H63N7O7.C4H11NO2.C2H6/c1-6-24-53-28-41(3,4)29-54-25-20-36(50)44-22-19-37(51)48-27-30-14-8-9-15-31(30)38(39(47-42)32-16-10-11-18-34(32)48)45-23-26-55-40(52)46-21-13-12-17-33(43-5)35(49)7-2;1-5-7-4-3-6-2;1-2/h8-11,14-16,18,33,43,45,47H,6-7,12-13,17,19-29,42H2,1-5H3,(H,44,50)(H,46,52);5H,3-4H2,1-2H3;1-2H3/b39-38-;;. The third kappa shape index (κ3) is 22.3. The number of ether oxygens (including phenoxy) is 4. The Kier molecular flexibility index (Phi) is 31.2. The van der Waals surface area contributed by atoms with Crippen LogP contribution in [0.25, 0.3) is 11.4 Å². The molecule has 1 atom stereocenters. The second kappa shape index (κ2) is 34.7. The number of hydrogen-bond donors (Lipinski definition) is 7. The number of nitrogens with zero attached hydrogens (tertiary/aromatic N) is 1. The number of carbonyl (C=O) groups is 4. The van der Waals surface area contributed by atoms with Crippen LogP contribution in [0, 0.1) is 5.41 Å². The molecule has 0 saturated heterocycles. The van der Waals surface area contributed by atoms with Crippen LogP contribution < -0.4 is 42.9 Å². The van der Waals surface area contributed by atoms with Gasteiger partial charge in [-0.15, -0.1) is 0 Å². The smallest absolute Gasteiger partial charge is 0.407 e. The van der Waals surface area contributed by atoms with Gasteiger partial charge in [-0.2, -0.15) is 0 Å². The van der Waals surface area contributed by atoms with Gasteiger partial charge in [0.15, 0.2) is 0 Å². The summed E-state index contributed by atoms with van der Waals surface area (Å²) in [6, 6.07) is 15.1. The monoisotopic (exact) mass is 901 g/mol. The molecule has 0 saturated carbocycles. The lowest BCUT2D eigenvalue weighted by molar-refractivity contribution is -0.123. The number of Topliss-reactive ketones (excluding diaryl/α,β-unsaturated/α-hetero) is 1. The second-order valence-electron chi connectivity index (χ2n) is 15.4. The molecule has 3 rings (SSSR count). The molecule has 0 radical (unpaired) electrons. The fraction of sp³-hybridized carbons (Fsp3) is 0.617. The van der Waals surface area contributed by atoms with Crippen molar-refractivity contribution in [3.05, 3.63) is 65.2 Å². The summed E-state index contributed by atoms with van der Waals surface area (Å²) < 4.78 is 21.5. The van der Waals surface area contributed by atoms with Gasteiger partial charge in [-0.3, -0.25) is 25.1 Å². The van der Waals surface area contributed by atoms with Gasteiger partial charge in [0, 0.05) is 76.2 Å². The Bertz CT molecular complexity index is 1660. The summed E-state index contributed by atoms with van der Waals surface area (Å²) in [7, 11) is 5.14. The summed E-state index contributed by atoms with van der Waals surface area (Å²) in [5, 5.41) is 12.1. The van der Waals surface area contributed by atoms with E-state index >= 15 is 0 Å². The molecule has 0 aromatic heterocycles. The number of rotatable bonds is 29. The van der Waals surface area contributed by atoms with Gasteiger partial charge in [0.05, 0.1) is 62.7 Å². The number of nitrogens with two attached hydrogens (primary N) is 1. The molecule has 1 aliphatic rings. The fourth-order valence-corrected chi connectivity index (χ4v) is 6.46. The predicted octanol–water partition coefficient (Wildman–Crippen LogP) is 5.05. The maximum absolute atomic E-state index is 13.8. The molecule has 1 aliphatic heterocycles. The molecule has 17 heteroatoms. The number of para-hydroxylation sites is 1. The van der Waals surface area contributed by atoms with Gasteiger partial charge in [-0.05, 0) is 44.4 Å². The molecule has 0 fully saturated rings. The van der Waals surface area contributed by atoms with E-state index in [1.807, 2.05) is 69.3 Å². The first-order valence-corrected chi connectivity index (χ1v) is 22.7. The number of unbranched alkanes of at least 4 members (excludes halogenated alkanes) is 1. The summed E-state index contributed by atoms with van der Waals surface area (Å²) >= 11 is 0. The Balaban J connectivity index is 0.00000207. The van der Waals surface area contributed by atoms with Crippen molar-refractivity contribution in [3.63, 3.8) is 0 Å². The Morgan fingerprint density at radius 1 is 0.797 bits per heavy atom. The zero-order valence-electron chi connectivity index (χ0n) is 40.1. The zero-order valence-corrected chi connectivity index (χ0v) is 40.1. The molecular weight excluding hydrogens is 821 g/mol. The van der Waals surface area contributed by atoms with Gasteiger partial charge in [0.2, 0.25) is 11.8 Å². The van der Waals surface area contributed by atoms with Crippen LogP contribution >= 0.6 is 0 Å². The van der Waals surface area contributed by atoms with Crippen molar-refractivity contribution in [1.82, 2.24) is 32.2 Å². The quantitative estimate of drug-likeness (QED) is 0.0323. The van der Waals surface area contributed by atoms with Crippen LogP contribution in [0.1, 0.15) is 103 Å². The molecule has 1 heterocycles. The summed E-state index contributed by atoms with van der Waals surface area (Å²) in [4.78, 5) is 57.1. The highest BCUT2D eigenvalue weighted by molar-refractivity contribution is 6.01. The van der Waals surface area contributed by atoms with E-state index in [9.17, 15) is 19.2 Å². The summed E-state index contributed by atoms with van der Waals surface area (Å²) in [5.74, 6) is 6.02. The summed E-state index contributed by atoms with van der Waals surface area (Å²) in [5.41, 5.74) is 9.59. The van der Waals surface area contributed by atoms with E-state index < -0.39 is 6.09 Å². The Labute approximate surface area is 382 Å². The van der Waals surface area contributed by atoms with Crippen molar-refractivity contribution >= 4 is 40.8 Å². The van der Waals surface area contributed by atoms with Crippen LogP contribution in [-0.4, -0.2) is 117 Å². The van der Waals surface area contributed by atoms with E-state index in [0.717, 1.165) is 36.8 Å². The number of methoxy groups -OCH3 is 1. The molecule has 1 unspecified atom stereocenters. The summed E-state index contributed by atoms with van der Waals surface area (Å²) in [6.45, 7) is 16.7. The van der Waals surface area contributed by atoms with Crippen LogP contribution in [0.15, 0.2) is 48.5 Å². The minimum Gasteiger partial charge on any atom is -0.448 e. The molecule has 3 amide bonds. The minimum atomic E-state index is -0.516. The summed E-state index contributed by atoms with van der Waals surface area (Å²) in [6.07, 6.45) is 3.49. The molecule has 8 N–H and O–H groups in total. The molecule has 362 valence electrons. The highest BCUT2D eigenvalue weighted by Gasteiger charge is 2.27. The topological polar surface area (TPSA) is 216 Å². The van der Waals surface area contributed by atoms with Crippen molar-refractivity contribution < 1.29 is 43.0 Å². The molecular formula is C47H80N8O9. The van der Waals surface area contributed by atoms with Crippen LogP contribution in [0.2, 0.25) is 0 Å². The van der Waals surface area contributed by atoms with Crippen LogP contribution in [0.5, 0.6) is 0 Å². The molecule has 2 aromatic carbocycles. The van der Waals surface area contributed by atoms with Crippen molar-refractivity contribution in [2.24, 2.45) is 11.3 Å². The lowest BCUT2D eigenvalue weighted by atomic mass is 9.95. The van der Waals surface area contributed by atoms with Crippen molar-refractivity contribution in [2.45, 2.75) is 99.1 Å². The molecule has 0 spiro atoms. The van der Waals surface area contributed by atoms with Gasteiger partial charge >= 0.3 is 6.09 Å². The molecule has 17 nitrogen and oxygen atoms in total. The number of anilines is 1. The van der Waals surface area contributed by atoms with E-state index in [0.29, 0.717) is 75.2 Å². The largest absolute Gasteiger partial charge is 0.448 e. The number of benzene rings is 2. The Morgan fingerprint density at radius 3 is 2.14 bits per heavy atom. The Hall–Kier alpha value is -4.62. The van der Waals surface area contributed by atoms with Crippen LogP contribution in [0.4, 0.5) is 10.5 Å². The van der Waals surface area contributed by atoms with Gasteiger partial charge in [0.1, 0.15) is 12.4 Å². The van der Waals surface area contributed by atoms with Crippen LogP contribution in [-0.2, 0) is 44.7 Å². The van der Waals surface area contributed by atoms with E-state index in [1.54, 1.807) is 26.1 Å². The molecule has 0 aliphatic carbocycles. The first kappa shape index (κ1) is 57.4. The average molecular weight is 901 g/mol. The maximum Gasteiger partial charge on any atom is 0.407 e. The van der Waals surface area contributed by atoms with E-state index in [1.165, 1.54) is 0 Å². The maximum atomic E-state index is 13.8. The number of amides is 3. The average Bonchev–Trinajstić information content (AvgIpc) is 3.30. The number of fused-ring (bicyclic) bond motifs is 2. The number of hydrazine groups is 1. The normalized spacial score (nSPS) is 13.6. The zero-order chi connectivity index (χ0) is 47.6. The van der Waals surface area contributed by atoms with Crippen molar-refractivity contribution in [1.29, 1.82) is 0 Å². The Morgan fingerprint density at radius 2 is 1.48 bits per heavy atom. The van der Waals surface area contributed by atoms with Gasteiger partial charge in [-0.1, -0.05) is 84.0 Å². The number of likely N-dealkylation sites (N-methyl/N-ethyl adjacent to an activating group) is 1. The SMILES string of the molecule is CC.CCCOCC(C)(C)COCCC(=O)NCCC(=O)N1Cc2ccccc2/C(NCCOC(=O)NCCCCC(NC)C(=O)CC)=C(/NN)c2ccccc21.CNOCCOC. The fourth-order valence-electron chi connectivity index (χ4n) is 6.46. The minimum absolute atomic E-state index is 0.0955. The third-order valence-corrected chi connectivity index (χ3v) is 9.69. The van der Waals surface area contributed by atoms with Crippen LogP contribution in [0.3, 0.4) is 0 Å². The van der Waals surface area contributed by atoms with E-state index in [2.05, 4.69) is 57.7 Å². The second-order valence-corrected chi connectivity index (χ2v) is 15.4. The lowest BCUT2D eigenvalue weighted by Gasteiger charge is -2.31. The highest BCUT2D eigenvalue weighted by atomic mass is 16.7. The first-order valence-electron chi connectivity index (χ1n) is 22.7. The molecule has 64 heavy (non-hydrogen) atoms. The number of carbonyl (C=O) groups excluding carboxylic acids is 4. The number of alkyl carbamates (subject to hydrolysis) is 1. The number of hydroxylamine groups is 1. The number of ketones is 1. The number of hydrogen-bond acceptors (Lipinski definition) is 14. The van der Waals surface area contributed by atoms with Gasteiger partial charge in [0.25, 0.3) is 0 Å². The predicted molar refractivity (Wildman–Crippen MR) is 254 cm³/mol. The van der Waals surface area contributed by atoms with Crippen molar-refractivity contribution in [2.75, 3.05) is 92.0 Å². The van der Waals surface area contributed by atoms with E-state index in [4.69, 9.17) is 24.9 Å². The van der Waals surface area contributed by atoms with Crippen molar-refractivity contribution in [3.8, 4) is 0 Å². The lowest BCUT2D eigenvalue weighted by Crippen LogP contribution is -2.37. The molecule has 2 aromatic rings. The molecule has 0 bridgehead atoms. The van der Waals surface area contributed by atoms with E-state index in [-0.39, 0.29) is 68.2 Å².